The average molecular weight is 309 g/mol. The summed E-state index contributed by atoms with van der Waals surface area (Å²) in [5.41, 5.74) is 0.288. The van der Waals surface area contributed by atoms with Crippen molar-refractivity contribution >= 4 is 15.8 Å². The summed E-state index contributed by atoms with van der Waals surface area (Å²) < 4.78 is 40.9. The molecular weight excluding hydrogens is 293 g/mol. The highest BCUT2D eigenvalue weighted by molar-refractivity contribution is 7.89. The Hall–Kier alpha value is -1.99. The lowest BCUT2D eigenvalue weighted by Gasteiger charge is -2.16. The van der Waals surface area contributed by atoms with Crippen molar-refractivity contribution < 1.29 is 12.8 Å². The number of aromatic nitrogens is 1. The first-order valence-corrected chi connectivity index (χ1v) is 7.83. The van der Waals surface area contributed by atoms with Crippen LogP contribution in [0.2, 0.25) is 0 Å². The number of rotatable bonds is 5. The molecule has 0 radical (unpaired) electrons. The molecule has 0 aliphatic rings. The summed E-state index contributed by atoms with van der Waals surface area (Å²) in [7, 11) is -2.22. The lowest BCUT2D eigenvalue weighted by molar-refractivity contribution is 0.550. The average Bonchev–Trinajstić information content (AvgIpc) is 2.47. The van der Waals surface area contributed by atoms with Gasteiger partial charge in [0.25, 0.3) is 0 Å². The molecule has 1 aromatic carbocycles. The summed E-state index contributed by atoms with van der Waals surface area (Å²) in [5, 5.41) is 2.72. The minimum absolute atomic E-state index is 0.0238. The molecule has 5 nitrogen and oxygen atoms in total. The van der Waals surface area contributed by atoms with E-state index in [1.807, 2.05) is 0 Å². The first kappa shape index (κ1) is 15.4. The quantitative estimate of drug-likeness (QED) is 0.889. The Morgan fingerprint density at radius 3 is 2.57 bits per heavy atom. The lowest BCUT2D eigenvalue weighted by atomic mass is 10.1. The molecule has 0 spiro atoms. The van der Waals surface area contributed by atoms with E-state index in [9.17, 15) is 12.8 Å². The van der Waals surface area contributed by atoms with Gasteiger partial charge in [-0.2, -0.15) is 0 Å². The Morgan fingerprint density at radius 1 is 1.19 bits per heavy atom. The summed E-state index contributed by atoms with van der Waals surface area (Å²) in [5.74, 6) is -0.210. The second kappa shape index (κ2) is 6.19. The summed E-state index contributed by atoms with van der Waals surface area (Å²) in [6, 6.07) is 8.33. The molecule has 0 amide bonds. The first-order valence-electron chi connectivity index (χ1n) is 6.35. The molecule has 0 fully saturated rings. The molecule has 0 aliphatic heterocycles. The van der Waals surface area contributed by atoms with Crippen molar-refractivity contribution in [1.82, 2.24) is 9.71 Å². The maximum atomic E-state index is 13.7. The third kappa shape index (κ3) is 3.37. The number of halogens is 1. The number of nitrogens with zero attached hydrogens (tertiary/aromatic N) is 1. The van der Waals surface area contributed by atoms with Crippen molar-refractivity contribution in [3.05, 3.63) is 54.0 Å². The third-order valence-corrected chi connectivity index (χ3v) is 4.57. The van der Waals surface area contributed by atoms with E-state index in [0.29, 0.717) is 0 Å². The summed E-state index contributed by atoms with van der Waals surface area (Å²) in [6.07, 6.45) is 1.49. The minimum atomic E-state index is -3.81. The minimum Gasteiger partial charge on any atom is -0.372 e. The van der Waals surface area contributed by atoms with Gasteiger partial charge in [0.1, 0.15) is 16.5 Å². The molecule has 1 aromatic heterocycles. The van der Waals surface area contributed by atoms with Crippen LogP contribution in [0.4, 0.5) is 10.2 Å². The van der Waals surface area contributed by atoms with Gasteiger partial charge < -0.3 is 5.32 Å². The highest BCUT2D eigenvalue weighted by atomic mass is 32.2. The smallest absolute Gasteiger partial charge is 0.244 e. The van der Waals surface area contributed by atoms with Crippen LogP contribution in [0.3, 0.4) is 0 Å². The number of sulfonamides is 1. The predicted molar refractivity (Wildman–Crippen MR) is 78.9 cm³/mol. The van der Waals surface area contributed by atoms with Crippen LogP contribution in [0.25, 0.3) is 0 Å². The maximum absolute atomic E-state index is 13.7. The van der Waals surface area contributed by atoms with Crippen molar-refractivity contribution in [3.8, 4) is 0 Å². The van der Waals surface area contributed by atoms with E-state index in [1.165, 1.54) is 24.4 Å². The topological polar surface area (TPSA) is 71.1 Å². The number of anilines is 1. The van der Waals surface area contributed by atoms with Gasteiger partial charge >= 0.3 is 0 Å². The zero-order chi connectivity index (χ0) is 15.5. The van der Waals surface area contributed by atoms with Gasteiger partial charge in [0.05, 0.1) is 0 Å². The van der Waals surface area contributed by atoms with Gasteiger partial charge in [0.2, 0.25) is 10.0 Å². The summed E-state index contributed by atoms with van der Waals surface area (Å²) in [6.45, 7) is 1.59. The molecule has 0 saturated heterocycles. The normalized spacial score (nSPS) is 12.9. The predicted octanol–water partition coefficient (Wildman–Crippen LogP) is 2.30. The fourth-order valence-corrected chi connectivity index (χ4v) is 3.37. The highest BCUT2D eigenvalue weighted by Gasteiger charge is 2.23. The van der Waals surface area contributed by atoms with Crippen molar-refractivity contribution in [2.45, 2.75) is 17.9 Å². The Morgan fingerprint density at radius 2 is 1.90 bits per heavy atom. The molecule has 2 aromatic rings. The van der Waals surface area contributed by atoms with Gasteiger partial charge in [-0.3, -0.25) is 0 Å². The number of hydrogen-bond acceptors (Lipinski definition) is 4. The van der Waals surface area contributed by atoms with Crippen LogP contribution in [0, 0.1) is 5.82 Å². The molecule has 0 saturated carbocycles. The van der Waals surface area contributed by atoms with E-state index < -0.39 is 21.9 Å². The molecule has 2 rings (SSSR count). The number of hydrogen-bond donors (Lipinski definition) is 2. The molecule has 1 unspecified atom stereocenters. The largest absolute Gasteiger partial charge is 0.372 e. The van der Waals surface area contributed by atoms with Crippen LogP contribution in [0.15, 0.2) is 47.5 Å². The van der Waals surface area contributed by atoms with Crippen LogP contribution >= 0.6 is 0 Å². The Balaban J connectivity index is 2.32. The van der Waals surface area contributed by atoms with Gasteiger partial charge in [0.15, 0.2) is 0 Å². The van der Waals surface area contributed by atoms with Crippen LogP contribution in [-0.2, 0) is 10.0 Å². The lowest BCUT2D eigenvalue weighted by Crippen LogP contribution is -2.28. The Bertz CT molecular complexity index is 735. The van der Waals surface area contributed by atoms with E-state index in [4.69, 9.17) is 0 Å². The highest BCUT2D eigenvalue weighted by Crippen LogP contribution is 2.22. The molecule has 0 bridgehead atoms. The van der Waals surface area contributed by atoms with Crippen molar-refractivity contribution in [3.63, 3.8) is 0 Å². The fourth-order valence-electron chi connectivity index (χ4n) is 1.98. The number of benzene rings is 1. The molecular formula is C14H16FN3O2S. The maximum Gasteiger partial charge on any atom is 0.244 e. The van der Waals surface area contributed by atoms with E-state index in [-0.39, 0.29) is 16.3 Å². The standard InChI is InChI=1S/C14H16FN3O2S/c1-10(11-6-3-4-7-12(11)15)18-21(19,20)13-8-5-9-17-14(13)16-2/h3-10,18H,1-2H3,(H,16,17). The summed E-state index contributed by atoms with van der Waals surface area (Å²) >= 11 is 0. The second-order valence-electron chi connectivity index (χ2n) is 4.46. The Kier molecular flexibility index (Phi) is 4.54. The molecule has 21 heavy (non-hydrogen) atoms. The van der Waals surface area contributed by atoms with Crippen LogP contribution < -0.4 is 10.0 Å². The van der Waals surface area contributed by atoms with Gasteiger partial charge in [-0.1, -0.05) is 18.2 Å². The van der Waals surface area contributed by atoms with E-state index in [2.05, 4.69) is 15.0 Å². The van der Waals surface area contributed by atoms with Crippen LogP contribution in [-0.4, -0.2) is 20.4 Å². The molecule has 1 heterocycles. The van der Waals surface area contributed by atoms with Gasteiger partial charge in [-0.25, -0.2) is 22.5 Å². The SMILES string of the molecule is CNc1ncccc1S(=O)(=O)NC(C)c1ccccc1F. The molecule has 7 heteroatoms. The van der Waals surface area contributed by atoms with Gasteiger partial charge in [0, 0.05) is 24.8 Å². The van der Waals surface area contributed by atoms with Crippen LogP contribution in [0.5, 0.6) is 0 Å². The summed E-state index contributed by atoms with van der Waals surface area (Å²) in [4.78, 5) is 3.98. The zero-order valence-corrected chi connectivity index (χ0v) is 12.5. The van der Waals surface area contributed by atoms with Gasteiger partial charge in [-0.05, 0) is 25.1 Å². The molecule has 1 atom stereocenters. The molecule has 112 valence electrons. The van der Waals surface area contributed by atoms with Crippen molar-refractivity contribution in [2.24, 2.45) is 0 Å². The van der Waals surface area contributed by atoms with E-state index in [1.54, 1.807) is 32.2 Å². The monoisotopic (exact) mass is 309 g/mol. The number of pyridine rings is 1. The first-order chi connectivity index (χ1) is 9.95. The second-order valence-corrected chi connectivity index (χ2v) is 6.15. The third-order valence-electron chi connectivity index (χ3n) is 3.00. The van der Waals surface area contributed by atoms with Crippen LogP contribution in [0.1, 0.15) is 18.5 Å². The van der Waals surface area contributed by atoms with Crippen molar-refractivity contribution in [2.75, 3.05) is 12.4 Å². The van der Waals surface area contributed by atoms with Crippen molar-refractivity contribution in [1.29, 1.82) is 0 Å². The molecule has 0 aliphatic carbocycles. The van der Waals surface area contributed by atoms with E-state index >= 15 is 0 Å². The van der Waals surface area contributed by atoms with E-state index in [0.717, 1.165) is 0 Å². The zero-order valence-electron chi connectivity index (χ0n) is 11.7. The number of nitrogens with one attached hydrogen (secondary N) is 2. The molecule has 2 N–H and O–H groups in total. The Labute approximate surface area is 123 Å². The van der Waals surface area contributed by atoms with Gasteiger partial charge in [-0.15, -0.1) is 0 Å². The fraction of sp³-hybridized carbons (Fsp3) is 0.214.